The highest BCUT2D eigenvalue weighted by Gasteiger charge is 2.26. The number of hydrogen-bond donors (Lipinski definition) is 2. The van der Waals surface area contributed by atoms with E-state index in [1.807, 2.05) is 13.8 Å². The van der Waals surface area contributed by atoms with E-state index in [9.17, 15) is 4.79 Å². The highest BCUT2D eigenvalue weighted by atomic mass is 16.7. The maximum atomic E-state index is 11.4. The molecule has 0 spiro atoms. The Morgan fingerprint density at radius 2 is 1.94 bits per heavy atom. The monoisotopic (exact) mass is 256 g/mol. The van der Waals surface area contributed by atoms with Crippen LogP contribution in [0.1, 0.15) is 26.7 Å². The van der Waals surface area contributed by atoms with Gasteiger partial charge in [0, 0.05) is 20.6 Å². The molecule has 5 heteroatoms. The molecule has 0 aromatic carbocycles. The van der Waals surface area contributed by atoms with E-state index in [4.69, 9.17) is 21.6 Å². The molecule has 2 atom stereocenters. The minimum atomic E-state index is -0.505. The van der Waals surface area contributed by atoms with Gasteiger partial charge in [-0.2, -0.15) is 0 Å². The Bertz CT molecular complexity index is 282. The summed E-state index contributed by atoms with van der Waals surface area (Å²) in [4.78, 5) is 11.4. The lowest BCUT2D eigenvalue weighted by atomic mass is 10.0. The standard InChI is InChI=1S/C13H24N2O3/c1-6-7-10(13(17-4)18-5)15-11(12(14)16)8-9(2)3/h1,9-11,13,15H,7-8H2,2-5H3,(H2,14,16). The lowest BCUT2D eigenvalue weighted by molar-refractivity contribution is -0.130. The first-order valence-electron chi connectivity index (χ1n) is 6.00. The highest BCUT2D eigenvalue weighted by molar-refractivity contribution is 5.79. The van der Waals surface area contributed by atoms with Gasteiger partial charge in [-0.15, -0.1) is 12.3 Å². The fourth-order valence-corrected chi connectivity index (χ4v) is 1.78. The molecule has 0 aliphatic rings. The van der Waals surface area contributed by atoms with E-state index in [2.05, 4.69) is 11.2 Å². The van der Waals surface area contributed by atoms with E-state index in [0.29, 0.717) is 18.8 Å². The number of nitrogens with two attached hydrogens (primary N) is 1. The molecule has 18 heavy (non-hydrogen) atoms. The summed E-state index contributed by atoms with van der Waals surface area (Å²) >= 11 is 0. The number of rotatable bonds is 9. The van der Waals surface area contributed by atoms with Gasteiger partial charge in [0.2, 0.25) is 5.91 Å². The van der Waals surface area contributed by atoms with E-state index in [0.717, 1.165) is 0 Å². The lowest BCUT2D eigenvalue weighted by Crippen LogP contribution is -2.52. The first kappa shape index (κ1) is 16.9. The molecule has 0 heterocycles. The number of carbonyl (C=O) groups is 1. The van der Waals surface area contributed by atoms with Crippen molar-refractivity contribution in [1.82, 2.24) is 5.32 Å². The summed E-state index contributed by atoms with van der Waals surface area (Å²) in [5.74, 6) is 2.50. The summed E-state index contributed by atoms with van der Waals surface area (Å²) in [6.45, 7) is 4.05. The third kappa shape index (κ3) is 6.01. The van der Waals surface area contributed by atoms with Crippen LogP contribution in [-0.4, -0.2) is 38.5 Å². The van der Waals surface area contributed by atoms with Crippen LogP contribution in [0.15, 0.2) is 0 Å². The molecule has 5 nitrogen and oxygen atoms in total. The number of terminal acetylenes is 1. The van der Waals surface area contributed by atoms with Gasteiger partial charge in [0.25, 0.3) is 0 Å². The number of methoxy groups -OCH3 is 2. The molecule has 0 aliphatic carbocycles. The van der Waals surface area contributed by atoms with Crippen LogP contribution in [0.3, 0.4) is 0 Å². The third-order valence-electron chi connectivity index (χ3n) is 2.60. The van der Waals surface area contributed by atoms with Crippen molar-refractivity contribution in [2.24, 2.45) is 11.7 Å². The number of ether oxygens (including phenoxy) is 2. The molecule has 104 valence electrons. The molecule has 0 rings (SSSR count). The second-order valence-electron chi connectivity index (χ2n) is 4.61. The van der Waals surface area contributed by atoms with Gasteiger partial charge >= 0.3 is 0 Å². The van der Waals surface area contributed by atoms with Crippen LogP contribution < -0.4 is 11.1 Å². The molecule has 0 aliphatic heterocycles. The number of nitrogens with one attached hydrogen (secondary N) is 1. The van der Waals surface area contributed by atoms with Gasteiger partial charge in [0.05, 0.1) is 12.1 Å². The van der Waals surface area contributed by atoms with Crippen LogP contribution >= 0.6 is 0 Å². The van der Waals surface area contributed by atoms with Gasteiger partial charge in [0.1, 0.15) is 0 Å². The molecule has 3 N–H and O–H groups in total. The molecule has 0 saturated carbocycles. The summed E-state index contributed by atoms with van der Waals surface area (Å²) in [7, 11) is 3.06. The van der Waals surface area contributed by atoms with Crippen molar-refractivity contribution in [3.8, 4) is 12.3 Å². The van der Waals surface area contributed by atoms with Crippen LogP contribution in [-0.2, 0) is 14.3 Å². The normalized spacial score (nSPS) is 14.5. The fourth-order valence-electron chi connectivity index (χ4n) is 1.78. The van der Waals surface area contributed by atoms with E-state index in [-0.39, 0.29) is 6.04 Å². The Balaban J connectivity index is 4.70. The number of amides is 1. The minimum absolute atomic E-state index is 0.263. The van der Waals surface area contributed by atoms with Crippen molar-refractivity contribution in [2.75, 3.05) is 14.2 Å². The van der Waals surface area contributed by atoms with Crippen LogP contribution in [0, 0.1) is 18.3 Å². The average molecular weight is 256 g/mol. The number of hydrogen-bond acceptors (Lipinski definition) is 4. The molecule has 1 amide bonds. The summed E-state index contributed by atoms with van der Waals surface area (Å²) in [5, 5.41) is 3.12. The first-order chi connectivity index (χ1) is 8.46. The Morgan fingerprint density at radius 1 is 1.39 bits per heavy atom. The van der Waals surface area contributed by atoms with Crippen molar-refractivity contribution in [1.29, 1.82) is 0 Å². The van der Waals surface area contributed by atoms with E-state index < -0.39 is 18.2 Å². The molecule has 2 unspecified atom stereocenters. The van der Waals surface area contributed by atoms with Crippen LogP contribution in [0.2, 0.25) is 0 Å². The van der Waals surface area contributed by atoms with Gasteiger partial charge in [-0.3, -0.25) is 10.1 Å². The summed E-state index contributed by atoms with van der Waals surface area (Å²) in [6, 6.07) is -0.697. The quantitative estimate of drug-likeness (QED) is 0.465. The molecule has 0 bridgehead atoms. The van der Waals surface area contributed by atoms with Gasteiger partial charge in [0.15, 0.2) is 6.29 Å². The number of carbonyl (C=O) groups excluding carboxylic acids is 1. The molecular formula is C13H24N2O3. The predicted molar refractivity (Wildman–Crippen MR) is 70.6 cm³/mol. The topological polar surface area (TPSA) is 73.6 Å². The predicted octanol–water partition coefficient (Wildman–Crippen LogP) is 0.487. The Hall–Kier alpha value is -1.09. The van der Waals surface area contributed by atoms with Crippen molar-refractivity contribution in [3.05, 3.63) is 0 Å². The van der Waals surface area contributed by atoms with Crippen molar-refractivity contribution < 1.29 is 14.3 Å². The van der Waals surface area contributed by atoms with Gasteiger partial charge in [-0.25, -0.2) is 0 Å². The lowest BCUT2D eigenvalue weighted by Gasteiger charge is -2.28. The molecule has 0 aromatic rings. The molecule has 0 radical (unpaired) electrons. The van der Waals surface area contributed by atoms with Gasteiger partial charge in [-0.05, 0) is 12.3 Å². The zero-order valence-corrected chi connectivity index (χ0v) is 11.6. The zero-order chi connectivity index (χ0) is 14.1. The second kappa shape index (κ2) is 8.92. The first-order valence-corrected chi connectivity index (χ1v) is 6.00. The van der Waals surface area contributed by atoms with E-state index in [1.165, 1.54) is 14.2 Å². The molecule has 0 fully saturated rings. The summed E-state index contributed by atoms with van der Waals surface area (Å²) in [5.41, 5.74) is 5.38. The minimum Gasteiger partial charge on any atom is -0.368 e. The summed E-state index contributed by atoms with van der Waals surface area (Å²) in [6.07, 6.45) is 5.85. The highest BCUT2D eigenvalue weighted by Crippen LogP contribution is 2.10. The number of primary amides is 1. The van der Waals surface area contributed by atoms with Crippen LogP contribution in [0.25, 0.3) is 0 Å². The third-order valence-corrected chi connectivity index (χ3v) is 2.60. The SMILES string of the molecule is C#CCC(NC(CC(C)C)C(N)=O)C(OC)OC. The average Bonchev–Trinajstić information content (AvgIpc) is 2.29. The maximum absolute atomic E-state index is 11.4. The van der Waals surface area contributed by atoms with Gasteiger partial charge < -0.3 is 15.2 Å². The second-order valence-corrected chi connectivity index (χ2v) is 4.61. The Labute approximate surface area is 109 Å². The zero-order valence-electron chi connectivity index (χ0n) is 11.6. The molecule has 0 aromatic heterocycles. The Morgan fingerprint density at radius 3 is 2.28 bits per heavy atom. The van der Waals surface area contributed by atoms with Crippen molar-refractivity contribution in [3.63, 3.8) is 0 Å². The fraction of sp³-hybridized carbons (Fsp3) is 0.769. The van der Waals surface area contributed by atoms with Crippen LogP contribution in [0.5, 0.6) is 0 Å². The van der Waals surface area contributed by atoms with E-state index in [1.54, 1.807) is 0 Å². The molecular weight excluding hydrogens is 232 g/mol. The maximum Gasteiger partial charge on any atom is 0.234 e. The van der Waals surface area contributed by atoms with E-state index >= 15 is 0 Å². The summed E-state index contributed by atoms with van der Waals surface area (Å²) < 4.78 is 10.3. The van der Waals surface area contributed by atoms with Gasteiger partial charge in [-0.1, -0.05) is 13.8 Å². The van der Waals surface area contributed by atoms with Crippen molar-refractivity contribution in [2.45, 2.75) is 45.1 Å². The van der Waals surface area contributed by atoms with Crippen molar-refractivity contribution >= 4 is 5.91 Å². The smallest absolute Gasteiger partial charge is 0.234 e. The largest absolute Gasteiger partial charge is 0.368 e. The Kier molecular flexibility index (Phi) is 8.38. The molecule has 0 saturated heterocycles. The van der Waals surface area contributed by atoms with Crippen LogP contribution in [0.4, 0.5) is 0 Å².